The van der Waals surface area contributed by atoms with Gasteiger partial charge in [-0.3, -0.25) is 4.79 Å². The first-order valence-corrected chi connectivity index (χ1v) is 6.67. The fourth-order valence-electron chi connectivity index (χ4n) is 1.91. The zero-order valence-corrected chi connectivity index (χ0v) is 12.6. The molecule has 0 radical (unpaired) electrons. The summed E-state index contributed by atoms with van der Waals surface area (Å²) in [5.74, 6) is 0.686. The molecule has 0 atom stereocenters. The second kappa shape index (κ2) is 7.26. The number of nitrogens with one attached hydrogen (secondary N) is 1. The highest BCUT2D eigenvalue weighted by atomic mass is 16.5. The summed E-state index contributed by atoms with van der Waals surface area (Å²) in [6, 6.07) is 7.57. The largest absolute Gasteiger partial charge is 0.496 e. The van der Waals surface area contributed by atoms with Crippen LogP contribution >= 0.6 is 0 Å². The van der Waals surface area contributed by atoms with Gasteiger partial charge in [0, 0.05) is 18.7 Å². The topological polar surface area (TPSA) is 61.8 Å². The van der Waals surface area contributed by atoms with E-state index in [1.54, 1.807) is 19.1 Å². The predicted octanol–water partition coefficient (Wildman–Crippen LogP) is 1.01. The van der Waals surface area contributed by atoms with Gasteiger partial charge < -0.3 is 20.1 Å². The van der Waals surface area contributed by atoms with Gasteiger partial charge in [0.2, 0.25) is 5.91 Å². The number of methoxy groups -OCH3 is 1. The van der Waals surface area contributed by atoms with Gasteiger partial charge >= 0.3 is 0 Å². The summed E-state index contributed by atoms with van der Waals surface area (Å²) in [4.78, 5) is 14.1. The highest BCUT2D eigenvalue weighted by Crippen LogP contribution is 2.20. The number of ether oxygens (including phenoxy) is 1. The molecule has 0 aliphatic carbocycles. The second-order valence-corrected chi connectivity index (χ2v) is 5.14. The van der Waals surface area contributed by atoms with Crippen molar-refractivity contribution in [1.29, 1.82) is 0 Å². The molecule has 1 aromatic carbocycles. The number of aliphatic hydroxyl groups excluding tert-OH is 1. The summed E-state index contributed by atoms with van der Waals surface area (Å²) in [7, 11) is 3.35. The lowest BCUT2D eigenvalue weighted by atomic mass is 10.0. The van der Waals surface area contributed by atoms with Crippen molar-refractivity contribution in [3.8, 4) is 5.75 Å². The molecule has 0 unspecified atom stereocenters. The normalized spacial score (nSPS) is 11.2. The van der Waals surface area contributed by atoms with Gasteiger partial charge in [0.25, 0.3) is 0 Å². The van der Waals surface area contributed by atoms with Crippen LogP contribution in [0.3, 0.4) is 0 Å². The number of nitrogens with zero attached hydrogens (tertiary/aromatic N) is 1. The van der Waals surface area contributed by atoms with E-state index in [1.807, 2.05) is 38.1 Å². The number of hydrogen-bond acceptors (Lipinski definition) is 4. The summed E-state index contributed by atoms with van der Waals surface area (Å²) < 4.78 is 5.30. The molecular weight excluding hydrogens is 256 g/mol. The molecule has 5 heteroatoms. The minimum absolute atomic E-state index is 0.0556. The molecule has 0 spiro atoms. The van der Waals surface area contributed by atoms with E-state index in [0.717, 1.165) is 11.3 Å². The van der Waals surface area contributed by atoms with Crippen LogP contribution in [-0.2, 0) is 11.3 Å². The zero-order valence-electron chi connectivity index (χ0n) is 12.6. The fourth-order valence-corrected chi connectivity index (χ4v) is 1.91. The fraction of sp³-hybridized carbons (Fsp3) is 0.533. The predicted molar refractivity (Wildman–Crippen MR) is 78.6 cm³/mol. The van der Waals surface area contributed by atoms with E-state index in [-0.39, 0.29) is 12.5 Å². The Morgan fingerprint density at radius 1 is 1.40 bits per heavy atom. The Morgan fingerprint density at radius 3 is 2.60 bits per heavy atom. The molecule has 0 saturated carbocycles. The molecule has 0 bridgehead atoms. The van der Waals surface area contributed by atoms with Crippen molar-refractivity contribution in [3.63, 3.8) is 0 Å². The molecule has 20 heavy (non-hydrogen) atoms. The lowest BCUT2D eigenvalue weighted by Gasteiger charge is -2.31. The first-order chi connectivity index (χ1) is 9.46. The van der Waals surface area contributed by atoms with E-state index in [0.29, 0.717) is 13.1 Å². The first-order valence-electron chi connectivity index (χ1n) is 6.67. The third kappa shape index (κ3) is 3.95. The number of amides is 1. The summed E-state index contributed by atoms with van der Waals surface area (Å²) in [5.41, 5.74) is 0.251. The van der Waals surface area contributed by atoms with Crippen LogP contribution < -0.4 is 10.1 Å². The lowest BCUT2D eigenvalue weighted by Crippen LogP contribution is -2.53. The van der Waals surface area contributed by atoms with Gasteiger partial charge in [0.1, 0.15) is 5.75 Å². The molecule has 1 rings (SSSR count). The number of likely N-dealkylation sites (N-methyl/N-ethyl adjacent to an activating group) is 1. The molecule has 0 aromatic heterocycles. The van der Waals surface area contributed by atoms with Crippen LogP contribution in [0.5, 0.6) is 5.75 Å². The highest BCUT2D eigenvalue weighted by molar-refractivity contribution is 5.85. The number of rotatable bonds is 7. The van der Waals surface area contributed by atoms with E-state index in [2.05, 4.69) is 5.32 Å². The monoisotopic (exact) mass is 280 g/mol. The average Bonchev–Trinajstić information content (AvgIpc) is 2.46. The summed E-state index contributed by atoms with van der Waals surface area (Å²) >= 11 is 0. The van der Waals surface area contributed by atoms with Crippen molar-refractivity contribution in [2.75, 3.05) is 27.3 Å². The van der Waals surface area contributed by atoms with E-state index in [9.17, 15) is 9.90 Å². The van der Waals surface area contributed by atoms with Crippen LogP contribution in [0.15, 0.2) is 24.3 Å². The van der Waals surface area contributed by atoms with Gasteiger partial charge in [-0.15, -0.1) is 0 Å². The van der Waals surface area contributed by atoms with E-state index < -0.39 is 5.54 Å². The Labute approximate surface area is 120 Å². The maximum Gasteiger partial charge on any atom is 0.242 e. The summed E-state index contributed by atoms with van der Waals surface area (Å²) in [6.45, 7) is 4.28. The standard InChI is InChI=1S/C15H24N2O3/c1-15(2,16-3)14(19)17(9-10-18)11-12-7-5-6-8-13(12)20-4/h5-8,16,18H,9-11H2,1-4H3. The molecular formula is C15H24N2O3. The average molecular weight is 280 g/mol. The van der Waals surface area contributed by atoms with Crippen molar-refractivity contribution in [2.24, 2.45) is 0 Å². The number of benzene rings is 1. The first kappa shape index (κ1) is 16.5. The van der Waals surface area contributed by atoms with Crippen LogP contribution in [0, 0.1) is 0 Å². The Morgan fingerprint density at radius 2 is 2.05 bits per heavy atom. The molecule has 0 heterocycles. The Hall–Kier alpha value is -1.59. The molecule has 5 nitrogen and oxygen atoms in total. The van der Waals surface area contributed by atoms with Crippen LogP contribution in [0.2, 0.25) is 0 Å². The number of hydrogen-bond donors (Lipinski definition) is 2. The van der Waals surface area contributed by atoms with Gasteiger partial charge in [-0.2, -0.15) is 0 Å². The van der Waals surface area contributed by atoms with Crippen LogP contribution in [0.25, 0.3) is 0 Å². The Kier molecular flexibility index (Phi) is 5.98. The maximum absolute atomic E-state index is 12.5. The minimum atomic E-state index is -0.669. The van der Waals surface area contributed by atoms with E-state index in [4.69, 9.17) is 4.74 Å². The van der Waals surface area contributed by atoms with Crippen molar-refractivity contribution in [2.45, 2.75) is 25.9 Å². The summed E-state index contributed by atoms with van der Waals surface area (Å²) in [5, 5.41) is 12.2. The molecule has 1 amide bonds. The molecule has 0 saturated heterocycles. The van der Waals surface area contributed by atoms with Crippen molar-refractivity contribution < 1.29 is 14.6 Å². The molecule has 0 aliphatic heterocycles. The number of para-hydroxylation sites is 1. The zero-order chi connectivity index (χ0) is 15.2. The molecule has 0 fully saturated rings. The number of aliphatic hydroxyl groups is 1. The summed E-state index contributed by atoms with van der Waals surface area (Å²) in [6.07, 6.45) is 0. The van der Waals surface area contributed by atoms with Crippen LogP contribution in [0.1, 0.15) is 19.4 Å². The highest BCUT2D eigenvalue weighted by Gasteiger charge is 2.30. The van der Waals surface area contributed by atoms with Gasteiger partial charge in [0.05, 0.1) is 19.3 Å². The second-order valence-electron chi connectivity index (χ2n) is 5.14. The van der Waals surface area contributed by atoms with Crippen molar-refractivity contribution in [3.05, 3.63) is 29.8 Å². The third-order valence-electron chi connectivity index (χ3n) is 3.37. The molecule has 0 aliphatic rings. The molecule has 112 valence electrons. The van der Waals surface area contributed by atoms with Crippen molar-refractivity contribution >= 4 is 5.91 Å². The minimum Gasteiger partial charge on any atom is -0.496 e. The SMILES string of the molecule is CNC(C)(C)C(=O)N(CCO)Cc1ccccc1OC. The smallest absolute Gasteiger partial charge is 0.242 e. The Bertz CT molecular complexity index is 446. The third-order valence-corrected chi connectivity index (χ3v) is 3.37. The lowest BCUT2D eigenvalue weighted by molar-refractivity contribution is -0.138. The maximum atomic E-state index is 12.5. The van der Waals surface area contributed by atoms with E-state index >= 15 is 0 Å². The van der Waals surface area contributed by atoms with Gasteiger partial charge in [-0.05, 0) is 27.0 Å². The van der Waals surface area contributed by atoms with Crippen molar-refractivity contribution in [1.82, 2.24) is 10.2 Å². The van der Waals surface area contributed by atoms with Gasteiger partial charge in [-0.1, -0.05) is 18.2 Å². The van der Waals surface area contributed by atoms with Gasteiger partial charge in [-0.25, -0.2) is 0 Å². The molecule has 2 N–H and O–H groups in total. The number of carbonyl (C=O) groups is 1. The number of carbonyl (C=O) groups excluding carboxylic acids is 1. The molecule has 1 aromatic rings. The van der Waals surface area contributed by atoms with Crippen LogP contribution in [0.4, 0.5) is 0 Å². The van der Waals surface area contributed by atoms with E-state index in [1.165, 1.54) is 0 Å². The Balaban J connectivity index is 2.95. The van der Waals surface area contributed by atoms with Gasteiger partial charge in [0.15, 0.2) is 0 Å². The van der Waals surface area contributed by atoms with Crippen LogP contribution in [-0.4, -0.2) is 48.8 Å². The quantitative estimate of drug-likeness (QED) is 0.782.